The van der Waals surface area contributed by atoms with Gasteiger partial charge in [0.1, 0.15) is 0 Å². The minimum absolute atomic E-state index is 0.270. The van der Waals surface area contributed by atoms with Crippen LogP contribution in [-0.4, -0.2) is 41.9 Å². The summed E-state index contributed by atoms with van der Waals surface area (Å²) in [6.07, 6.45) is 39.5. The predicted molar refractivity (Wildman–Crippen MR) is 184 cm³/mol. The van der Waals surface area contributed by atoms with Crippen LogP contribution in [0, 0.1) is 0 Å². The number of rotatable bonds is 30. The molecule has 1 amide bonds. The van der Waals surface area contributed by atoms with Crippen LogP contribution in [0.5, 0.6) is 0 Å². The maximum atomic E-state index is 12.4. The van der Waals surface area contributed by atoms with E-state index in [0.29, 0.717) is 12.8 Å². The number of hydrogen-bond acceptors (Lipinski definition) is 4. The van der Waals surface area contributed by atoms with Gasteiger partial charge in [-0.15, -0.1) is 0 Å². The summed E-state index contributed by atoms with van der Waals surface area (Å²) in [4.78, 5) is 12.4. The fourth-order valence-corrected chi connectivity index (χ4v) is 5.58. The van der Waals surface area contributed by atoms with Crippen molar-refractivity contribution in [2.75, 3.05) is 5.75 Å². The van der Waals surface area contributed by atoms with Crippen LogP contribution in [0.1, 0.15) is 155 Å². The first-order chi connectivity index (χ1) is 20.8. The lowest BCUT2D eigenvalue weighted by atomic mass is 10.1. The van der Waals surface area contributed by atoms with Gasteiger partial charge in [0, 0.05) is 6.42 Å². The Morgan fingerprint density at radius 1 is 0.628 bits per heavy atom. The molecule has 0 spiro atoms. The molecule has 3 N–H and O–H groups in total. The average molecular weight is 624 g/mol. The molecule has 2 unspecified atom stereocenters. The molecule has 0 saturated heterocycles. The fourth-order valence-electron chi connectivity index (χ4n) is 4.85. The third-order valence-corrected chi connectivity index (χ3v) is 8.26. The van der Waals surface area contributed by atoms with Crippen molar-refractivity contribution in [3.63, 3.8) is 0 Å². The molecule has 0 aromatic carbocycles. The zero-order valence-corrected chi connectivity index (χ0v) is 28.4. The van der Waals surface area contributed by atoms with Crippen molar-refractivity contribution >= 4 is 16.0 Å². The van der Waals surface area contributed by atoms with Gasteiger partial charge in [-0.05, 0) is 64.2 Å². The van der Waals surface area contributed by atoms with E-state index in [1.54, 1.807) is 6.08 Å². The van der Waals surface area contributed by atoms with Gasteiger partial charge in [-0.1, -0.05) is 133 Å². The molecular weight excluding hydrogens is 558 g/mol. The third kappa shape index (κ3) is 31.5. The molecule has 0 aliphatic carbocycles. The minimum Gasteiger partial charge on any atom is -0.387 e. The number of allylic oxidation sites excluding steroid dienone is 7. The van der Waals surface area contributed by atoms with E-state index in [1.807, 2.05) is 0 Å². The lowest BCUT2D eigenvalue weighted by Gasteiger charge is -2.21. The highest BCUT2D eigenvalue weighted by Gasteiger charge is 2.24. The average Bonchev–Trinajstić information content (AvgIpc) is 2.96. The van der Waals surface area contributed by atoms with Gasteiger partial charge in [0.15, 0.2) is 0 Å². The van der Waals surface area contributed by atoms with E-state index in [4.69, 9.17) is 0 Å². The van der Waals surface area contributed by atoms with Crippen LogP contribution in [-0.2, 0) is 14.9 Å². The molecule has 0 aliphatic rings. The van der Waals surface area contributed by atoms with E-state index >= 15 is 0 Å². The van der Waals surface area contributed by atoms with Crippen molar-refractivity contribution in [1.29, 1.82) is 0 Å². The van der Waals surface area contributed by atoms with Crippen LogP contribution >= 0.6 is 0 Å². The number of amides is 1. The van der Waals surface area contributed by atoms with Crippen molar-refractivity contribution in [3.8, 4) is 0 Å². The van der Waals surface area contributed by atoms with E-state index < -0.39 is 28.0 Å². The smallest absolute Gasteiger partial charge is 0.267 e. The van der Waals surface area contributed by atoms with Gasteiger partial charge in [0.05, 0.1) is 17.9 Å². The maximum absolute atomic E-state index is 12.4. The summed E-state index contributed by atoms with van der Waals surface area (Å²) in [6, 6.07) is -1.08. The molecule has 0 rings (SSSR count). The Morgan fingerprint density at radius 2 is 1.07 bits per heavy atom. The van der Waals surface area contributed by atoms with E-state index in [1.165, 1.54) is 76.7 Å². The predicted octanol–water partition coefficient (Wildman–Crippen LogP) is 9.57. The number of aliphatic hydroxyl groups excluding tert-OH is 1. The second kappa shape index (κ2) is 30.3. The molecule has 0 saturated carbocycles. The standard InChI is InChI=1S/C36H65NO5S/c1-3-5-7-9-11-13-15-17-18-19-20-22-24-26-28-30-32-36(39)37-34(33-43(40,41)42)35(38)31-29-27-25-23-21-16-14-12-10-8-6-4-2/h13,15,18-19,21,23,29,31,34-35,38H,3-12,14,16-17,20,22,24-28,30,32-33H2,1-2H3,(H,37,39)(H,40,41,42)/b15-13-,19-18-,23-21+,31-29+. The van der Waals surface area contributed by atoms with Gasteiger partial charge in [-0.2, -0.15) is 8.42 Å². The number of nitrogens with one attached hydrogen (secondary N) is 1. The van der Waals surface area contributed by atoms with E-state index in [9.17, 15) is 22.9 Å². The van der Waals surface area contributed by atoms with E-state index in [2.05, 4.69) is 55.6 Å². The van der Waals surface area contributed by atoms with Crippen LogP contribution in [0.15, 0.2) is 48.6 Å². The Hall–Kier alpha value is -1.70. The molecule has 43 heavy (non-hydrogen) atoms. The van der Waals surface area contributed by atoms with Crippen LogP contribution in [0.25, 0.3) is 0 Å². The molecule has 6 nitrogen and oxygen atoms in total. The highest BCUT2D eigenvalue weighted by atomic mass is 32.2. The maximum Gasteiger partial charge on any atom is 0.267 e. The van der Waals surface area contributed by atoms with Gasteiger partial charge in [-0.3, -0.25) is 9.35 Å². The summed E-state index contributed by atoms with van der Waals surface area (Å²) in [5.74, 6) is -1.02. The summed E-state index contributed by atoms with van der Waals surface area (Å²) in [6.45, 7) is 4.46. The normalized spacial score (nSPS) is 14.0. The quantitative estimate of drug-likeness (QED) is 0.0420. The van der Waals surface area contributed by atoms with Crippen molar-refractivity contribution in [1.82, 2.24) is 5.32 Å². The highest BCUT2D eigenvalue weighted by molar-refractivity contribution is 7.85. The minimum atomic E-state index is -4.35. The zero-order valence-electron chi connectivity index (χ0n) is 27.6. The van der Waals surface area contributed by atoms with Gasteiger partial charge < -0.3 is 10.4 Å². The van der Waals surface area contributed by atoms with E-state index in [0.717, 1.165) is 51.4 Å². The Kier molecular flexibility index (Phi) is 29.1. The fraction of sp³-hybridized carbons (Fsp3) is 0.750. The number of hydrogen-bond donors (Lipinski definition) is 3. The van der Waals surface area contributed by atoms with Crippen molar-refractivity contribution in [2.24, 2.45) is 0 Å². The molecule has 0 radical (unpaired) electrons. The van der Waals surface area contributed by atoms with Crippen LogP contribution in [0.4, 0.5) is 0 Å². The monoisotopic (exact) mass is 623 g/mol. The van der Waals surface area contributed by atoms with E-state index in [-0.39, 0.29) is 12.3 Å². The molecule has 2 atom stereocenters. The number of carbonyl (C=O) groups is 1. The second-order valence-corrected chi connectivity index (χ2v) is 13.3. The first kappa shape index (κ1) is 41.3. The summed E-state index contributed by atoms with van der Waals surface area (Å²) in [5, 5.41) is 13.1. The molecular formula is C36H65NO5S. The van der Waals surface area contributed by atoms with Gasteiger partial charge in [-0.25, -0.2) is 0 Å². The molecule has 7 heteroatoms. The number of aliphatic hydroxyl groups is 1. The van der Waals surface area contributed by atoms with Crippen LogP contribution in [0.2, 0.25) is 0 Å². The van der Waals surface area contributed by atoms with Crippen molar-refractivity contribution in [3.05, 3.63) is 48.6 Å². The Morgan fingerprint density at radius 3 is 1.63 bits per heavy atom. The molecule has 0 fully saturated rings. The molecule has 0 aliphatic heterocycles. The molecule has 250 valence electrons. The molecule has 0 aromatic heterocycles. The summed E-state index contributed by atoms with van der Waals surface area (Å²) < 4.78 is 32.3. The zero-order chi connectivity index (χ0) is 31.9. The third-order valence-electron chi connectivity index (χ3n) is 7.48. The van der Waals surface area contributed by atoms with Gasteiger partial charge in [0.2, 0.25) is 5.91 Å². The summed E-state index contributed by atoms with van der Waals surface area (Å²) >= 11 is 0. The molecule has 0 heterocycles. The van der Waals surface area contributed by atoms with Gasteiger partial charge >= 0.3 is 0 Å². The lowest BCUT2D eigenvalue weighted by molar-refractivity contribution is -0.122. The topological polar surface area (TPSA) is 104 Å². The van der Waals surface area contributed by atoms with Crippen molar-refractivity contribution < 1.29 is 22.9 Å². The summed E-state index contributed by atoms with van der Waals surface area (Å²) in [7, 11) is -4.35. The van der Waals surface area contributed by atoms with Crippen LogP contribution in [0.3, 0.4) is 0 Å². The SMILES string of the molecule is CCCCCC/C=C\C/C=C\CCCCCCCC(=O)NC(CS(=O)(=O)O)C(O)/C=C/CC/C=C/CCCCCCCC. The lowest BCUT2D eigenvalue weighted by Crippen LogP contribution is -2.46. The largest absolute Gasteiger partial charge is 0.387 e. The van der Waals surface area contributed by atoms with Gasteiger partial charge in [0.25, 0.3) is 10.1 Å². The van der Waals surface area contributed by atoms with Crippen LogP contribution < -0.4 is 5.32 Å². The highest BCUT2D eigenvalue weighted by Crippen LogP contribution is 2.10. The Bertz CT molecular complexity index is 863. The first-order valence-electron chi connectivity index (χ1n) is 17.3. The number of carbonyl (C=O) groups excluding carboxylic acids is 1. The van der Waals surface area contributed by atoms with Crippen molar-refractivity contribution in [2.45, 2.75) is 167 Å². The Labute approximate surface area is 265 Å². The second-order valence-electron chi connectivity index (χ2n) is 11.8. The number of unbranched alkanes of at least 4 members (excludes halogenated alkanes) is 16. The Balaban J connectivity index is 4.10. The molecule has 0 bridgehead atoms. The first-order valence-corrected chi connectivity index (χ1v) is 18.9. The molecule has 0 aromatic rings. The summed E-state index contributed by atoms with van der Waals surface area (Å²) in [5.41, 5.74) is 0.